The Morgan fingerprint density at radius 1 is 0.926 bits per heavy atom. The molecule has 0 atom stereocenters. The van der Waals surface area contributed by atoms with Crippen molar-refractivity contribution >= 4 is 23.1 Å². The second-order valence-electron chi connectivity index (χ2n) is 7.02. The van der Waals surface area contributed by atoms with E-state index in [2.05, 4.69) is 11.9 Å². The van der Waals surface area contributed by atoms with Gasteiger partial charge >= 0.3 is 0 Å². The summed E-state index contributed by atoms with van der Waals surface area (Å²) in [6.07, 6.45) is 1.56. The van der Waals surface area contributed by atoms with E-state index in [1.54, 1.807) is 6.08 Å². The van der Waals surface area contributed by atoms with Crippen LogP contribution in [-0.4, -0.2) is 23.3 Å². The SMILES string of the molecule is C=CCN1C(=O)C(Nc2ccc(C)cc2C)=C(c2ccc(C)cc2C)C1=O. The van der Waals surface area contributed by atoms with E-state index in [0.29, 0.717) is 11.3 Å². The van der Waals surface area contributed by atoms with Gasteiger partial charge in [0.15, 0.2) is 0 Å². The van der Waals surface area contributed by atoms with Crippen LogP contribution in [0.25, 0.3) is 5.57 Å². The molecule has 1 heterocycles. The Morgan fingerprint density at radius 3 is 2.15 bits per heavy atom. The number of hydrogen-bond donors (Lipinski definition) is 1. The van der Waals surface area contributed by atoms with Crippen LogP contribution in [0.15, 0.2) is 54.8 Å². The number of carbonyl (C=O) groups is 2. The highest BCUT2D eigenvalue weighted by Gasteiger charge is 2.39. The molecule has 2 aromatic carbocycles. The van der Waals surface area contributed by atoms with Crippen LogP contribution in [0.1, 0.15) is 27.8 Å². The minimum Gasteiger partial charge on any atom is -0.350 e. The molecule has 138 valence electrons. The van der Waals surface area contributed by atoms with Gasteiger partial charge in [-0.05, 0) is 50.5 Å². The quantitative estimate of drug-likeness (QED) is 0.639. The van der Waals surface area contributed by atoms with Gasteiger partial charge in [0, 0.05) is 12.2 Å². The summed E-state index contributed by atoms with van der Waals surface area (Å²) in [6.45, 7) is 11.8. The molecule has 4 heteroatoms. The lowest BCUT2D eigenvalue weighted by Crippen LogP contribution is -2.32. The molecule has 0 aliphatic carbocycles. The van der Waals surface area contributed by atoms with Gasteiger partial charge in [0.1, 0.15) is 5.70 Å². The molecular formula is C23H24N2O2. The van der Waals surface area contributed by atoms with Gasteiger partial charge < -0.3 is 5.32 Å². The third kappa shape index (κ3) is 3.43. The van der Waals surface area contributed by atoms with Crippen LogP contribution < -0.4 is 5.32 Å². The number of aryl methyl sites for hydroxylation is 4. The number of hydrogen-bond acceptors (Lipinski definition) is 3. The summed E-state index contributed by atoms with van der Waals surface area (Å²) in [5, 5.41) is 3.23. The first-order chi connectivity index (χ1) is 12.8. The summed E-state index contributed by atoms with van der Waals surface area (Å²) in [7, 11) is 0. The van der Waals surface area contributed by atoms with E-state index in [9.17, 15) is 9.59 Å². The van der Waals surface area contributed by atoms with Crippen molar-refractivity contribution in [1.29, 1.82) is 0 Å². The molecule has 4 nitrogen and oxygen atoms in total. The van der Waals surface area contributed by atoms with Gasteiger partial charge in [-0.2, -0.15) is 0 Å². The molecule has 0 saturated heterocycles. The second-order valence-corrected chi connectivity index (χ2v) is 7.02. The molecule has 0 saturated carbocycles. The van der Waals surface area contributed by atoms with Gasteiger partial charge in [0.25, 0.3) is 11.8 Å². The Morgan fingerprint density at radius 2 is 1.56 bits per heavy atom. The highest BCUT2D eigenvalue weighted by atomic mass is 16.2. The predicted molar refractivity (Wildman–Crippen MR) is 109 cm³/mol. The Labute approximate surface area is 160 Å². The van der Waals surface area contributed by atoms with Crippen molar-refractivity contribution < 1.29 is 9.59 Å². The van der Waals surface area contributed by atoms with Crippen molar-refractivity contribution in [3.8, 4) is 0 Å². The Bertz CT molecular complexity index is 986. The summed E-state index contributed by atoms with van der Waals surface area (Å²) in [6, 6.07) is 11.8. The van der Waals surface area contributed by atoms with Crippen LogP contribution in [0, 0.1) is 27.7 Å². The van der Waals surface area contributed by atoms with Crippen LogP contribution >= 0.6 is 0 Å². The minimum atomic E-state index is -0.324. The maximum atomic E-state index is 13.0. The maximum Gasteiger partial charge on any atom is 0.278 e. The van der Waals surface area contributed by atoms with Crippen LogP contribution in [0.4, 0.5) is 5.69 Å². The largest absolute Gasteiger partial charge is 0.350 e. The summed E-state index contributed by atoms with van der Waals surface area (Å²) < 4.78 is 0. The fourth-order valence-electron chi connectivity index (χ4n) is 3.42. The lowest BCUT2D eigenvalue weighted by Gasteiger charge is -2.13. The molecule has 0 spiro atoms. The third-order valence-corrected chi connectivity index (χ3v) is 4.77. The molecule has 1 aliphatic heterocycles. The van der Waals surface area contributed by atoms with Gasteiger partial charge in [-0.3, -0.25) is 14.5 Å². The number of nitrogens with zero attached hydrogens (tertiary/aromatic N) is 1. The third-order valence-electron chi connectivity index (χ3n) is 4.77. The topological polar surface area (TPSA) is 49.4 Å². The van der Waals surface area contributed by atoms with Crippen molar-refractivity contribution in [2.24, 2.45) is 0 Å². The van der Waals surface area contributed by atoms with Crippen molar-refractivity contribution in [2.75, 3.05) is 11.9 Å². The number of nitrogens with one attached hydrogen (secondary N) is 1. The van der Waals surface area contributed by atoms with Gasteiger partial charge in [0.2, 0.25) is 0 Å². The first kappa shape index (κ1) is 18.6. The fourth-order valence-corrected chi connectivity index (χ4v) is 3.42. The Kier molecular flexibility index (Phi) is 5.00. The molecule has 0 unspecified atom stereocenters. The summed E-state index contributed by atoms with van der Waals surface area (Å²) in [5.74, 6) is -0.617. The van der Waals surface area contributed by atoms with E-state index in [1.807, 2.05) is 64.1 Å². The van der Waals surface area contributed by atoms with Gasteiger partial charge in [0.05, 0.1) is 5.57 Å². The van der Waals surface area contributed by atoms with Crippen LogP contribution in [-0.2, 0) is 9.59 Å². The summed E-state index contributed by atoms with van der Waals surface area (Å²) in [4.78, 5) is 27.3. The van der Waals surface area contributed by atoms with Crippen LogP contribution in [0.2, 0.25) is 0 Å². The van der Waals surface area contributed by atoms with Crippen molar-refractivity contribution in [3.05, 3.63) is 82.6 Å². The zero-order valence-electron chi connectivity index (χ0n) is 16.2. The standard InChI is InChI=1S/C23H24N2O2/c1-6-11-25-22(26)20(18-9-7-14(2)12-16(18)4)21(23(25)27)24-19-10-8-15(3)13-17(19)5/h6-10,12-13,24H,1,11H2,2-5H3. The number of carbonyl (C=O) groups excluding carboxylic acids is 2. The number of anilines is 1. The molecule has 3 rings (SSSR count). The van der Waals surface area contributed by atoms with Crippen molar-refractivity contribution in [3.63, 3.8) is 0 Å². The average Bonchev–Trinajstić information content (AvgIpc) is 2.82. The monoisotopic (exact) mass is 360 g/mol. The lowest BCUT2D eigenvalue weighted by atomic mass is 9.97. The molecule has 0 aromatic heterocycles. The van der Waals surface area contributed by atoms with E-state index < -0.39 is 0 Å². The number of imide groups is 1. The molecule has 1 N–H and O–H groups in total. The fraction of sp³-hybridized carbons (Fsp3) is 0.217. The molecule has 0 bridgehead atoms. The molecule has 0 radical (unpaired) electrons. The molecule has 2 aromatic rings. The first-order valence-corrected chi connectivity index (χ1v) is 8.96. The first-order valence-electron chi connectivity index (χ1n) is 8.96. The number of benzene rings is 2. The zero-order chi connectivity index (χ0) is 19.7. The number of rotatable bonds is 5. The van der Waals surface area contributed by atoms with Gasteiger partial charge in [-0.25, -0.2) is 0 Å². The molecule has 2 amide bonds. The maximum absolute atomic E-state index is 13.0. The average molecular weight is 360 g/mol. The highest BCUT2D eigenvalue weighted by Crippen LogP contribution is 2.33. The van der Waals surface area contributed by atoms with E-state index in [-0.39, 0.29) is 18.4 Å². The predicted octanol–water partition coefficient (Wildman–Crippen LogP) is 4.30. The van der Waals surface area contributed by atoms with E-state index in [0.717, 1.165) is 33.5 Å². The van der Waals surface area contributed by atoms with Gasteiger partial charge in [-0.1, -0.05) is 47.5 Å². The van der Waals surface area contributed by atoms with Gasteiger partial charge in [-0.15, -0.1) is 6.58 Å². The van der Waals surface area contributed by atoms with E-state index in [4.69, 9.17) is 0 Å². The lowest BCUT2D eigenvalue weighted by molar-refractivity contribution is -0.136. The molecule has 1 aliphatic rings. The van der Waals surface area contributed by atoms with Crippen LogP contribution in [0.5, 0.6) is 0 Å². The minimum absolute atomic E-state index is 0.185. The molecule has 27 heavy (non-hydrogen) atoms. The summed E-state index contributed by atoms with van der Waals surface area (Å²) >= 11 is 0. The van der Waals surface area contributed by atoms with E-state index in [1.165, 1.54) is 4.90 Å². The summed E-state index contributed by atoms with van der Waals surface area (Å²) in [5.41, 5.74) is 6.57. The van der Waals surface area contributed by atoms with Crippen LogP contribution in [0.3, 0.4) is 0 Å². The zero-order valence-corrected chi connectivity index (χ0v) is 16.2. The molecular weight excluding hydrogens is 336 g/mol. The highest BCUT2D eigenvalue weighted by molar-refractivity contribution is 6.36. The smallest absolute Gasteiger partial charge is 0.278 e. The normalized spacial score (nSPS) is 14.1. The Balaban J connectivity index is 2.15. The Hall–Kier alpha value is -3.14. The van der Waals surface area contributed by atoms with Crippen molar-refractivity contribution in [1.82, 2.24) is 4.90 Å². The van der Waals surface area contributed by atoms with E-state index >= 15 is 0 Å². The molecule has 0 fully saturated rings. The van der Waals surface area contributed by atoms with Crippen molar-refractivity contribution in [2.45, 2.75) is 27.7 Å². The second kappa shape index (κ2) is 7.23. The number of amides is 2.